The van der Waals surface area contributed by atoms with E-state index in [4.69, 9.17) is 42.2 Å². The maximum Gasteiger partial charge on any atom is 1.00 e. The number of aliphatic hydroxyl groups is 1. The number of hydrogen-bond donors (Lipinski definition) is 3. The Kier molecular flexibility index (Phi) is 68.3. The van der Waals surface area contributed by atoms with Crippen LogP contribution in [0.3, 0.4) is 0 Å². The van der Waals surface area contributed by atoms with E-state index < -0.39 is 102 Å². The number of allylic oxidation sites excluding steroid dienone is 2. The molecule has 2 heterocycles. The average Bonchev–Trinajstić information content (AvgIpc) is 0.798. The van der Waals surface area contributed by atoms with Crippen molar-refractivity contribution in [1.29, 1.82) is 0 Å². The van der Waals surface area contributed by atoms with Gasteiger partial charge in [0.2, 0.25) is 11.8 Å². The molecule has 0 aromatic rings. The van der Waals surface area contributed by atoms with Crippen molar-refractivity contribution < 1.29 is 209 Å². The van der Waals surface area contributed by atoms with Crippen molar-refractivity contribution in [1.82, 2.24) is 10.6 Å². The summed E-state index contributed by atoms with van der Waals surface area (Å²) in [7, 11) is -8.77. The van der Waals surface area contributed by atoms with Gasteiger partial charge in [-0.3, -0.25) is 14.4 Å². The van der Waals surface area contributed by atoms with E-state index in [2.05, 4.69) is 50.5 Å². The molecule has 2 rings (SSSR count). The molecule has 2 fully saturated rings. The van der Waals surface area contributed by atoms with Gasteiger partial charge in [0.15, 0.2) is 12.6 Å². The van der Waals surface area contributed by atoms with Crippen molar-refractivity contribution in [2.24, 2.45) is 0 Å². The number of nitrogens with one attached hydrogen (secondary N) is 2. The van der Waals surface area contributed by atoms with Gasteiger partial charge in [-0.25, -0.2) is 0 Å². The molecule has 11 atom stereocenters. The van der Waals surface area contributed by atoms with Gasteiger partial charge in [0, 0.05) is 40.3 Å². The monoisotopic (exact) mass is 1400 g/mol. The van der Waals surface area contributed by atoms with Crippen LogP contribution in [-0.4, -0.2) is 131 Å². The van der Waals surface area contributed by atoms with Crippen LogP contribution in [0, 0.1) is 0 Å². The Morgan fingerprint density at radius 2 is 0.903 bits per heavy atom. The van der Waals surface area contributed by atoms with Crippen LogP contribution in [0.4, 0.5) is 0 Å². The molecular weight excluding hydrogens is 1280 g/mol. The van der Waals surface area contributed by atoms with Gasteiger partial charge in [-0.05, 0) is 57.8 Å². The fourth-order valence-corrected chi connectivity index (χ4v) is 12.7. The van der Waals surface area contributed by atoms with E-state index in [1.807, 2.05) is 0 Å². The molecule has 21 nitrogen and oxygen atoms in total. The van der Waals surface area contributed by atoms with Gasteiger partial charge in [-0.1, -0.05) is 220 Å². The smallest absolute Gasteiger partial charge is 0.790 e. The summed E-state index contributed by atoms with van der Waals surface area (Å²) in [5.74, 6) is -1.64. The molecular formula is C66H122N2Na4O19P2. The number of Topliss-reactive ketones (excluding diaryl/α,β-unsaturated/α-hetero) is 1. The fraction of sp³-hybridized carbons (Fsp3) is 0.924. The van der Waals surface area contributed by atoms with Crippen LogP contribution in [-0.2, 0) is 65.7 Å². The first-order valence-corrected chi connectivity index (χ1v) is 37.9. The molecule has 27 heteroatoms. The number of ketones is 1. The quantitative estimate of drug-likeness (QED) is 0.0219. The van der Waals surface area contributed by atoms with Gasteiger partial charge >= 0.3 is 118 Å². The van der Waals surface area contributed by atoms with E-state index in [1.165, 1.54) is 58.5 Å². The minimum absolute atomic E-state index is 0. The van der Waals surface area contributed by atoms with Crippen molar-refractivity contribution in [2.45, 2.75) is 352 Å². The van der Waals surface area contributed by atoms with Crippen LogP contribution >= 0.6 is 15.6 Å². The number of hydrogen-bond acceptors (Lipinski definition) is 19. The number of carbonyl (C=O) groups excluding carboxylic acids is 3. The number of phosphoric acid groups is 2. The van der Waals surface area contributed by atoms with E-state index >= 15 is 0 Å². The maximum absolute atomic E-state index is 14.1. The molecule has 93 heavy (non-hydrogen) atoms. The predicted molar refractivity (Wildman–Crippen MR) is 338 cm³/mol. The van der Waals surface area contributed by atoms with Crippen LogP contribution < -0.4 is 148 Å². The number of unbranched alkanes of at least 4 members (excludes halogenated alkanes) is 30. The summed E-state index contributed by atoms with van der Waals surface area (Å²) in [4.78, 5) is 90.9. The first-order valence-electron chi connectivity index (χ1n) is 34.9. The molecule has 524 valence electrons. The minimum atomic E-state index is -5.90. The average molecular weight is 1400 g/mol. The maximum atomic E-state index is 14.1. The zero-order chi connectivity index (χ0) is 65.4. The molecule has 2 aliphatic heterocycles. The summed E-state index contributed by atoms with van der Waals surface area (Å²) < 4.78 is 77.9. The van der Waals surface area contributed by atoms with Crippen molar-refractivity contribution in [3.63, 3.8) is 0 Å². The Morgan fingerprint density at radius 1 is 0.473 bits per heavy atom. The summed E-state index contributed by atoms with van der Waals surface area (Å²) in [5.41, 5.74) is 0. The molecule has 0 aromatic carbocycles. The van der Waals surface area contributed by atoms with E-state index in [-0.39, 0.29) is 163 Å². The van der Waals surface area contributed by atoms with E-state index in [9.17, 15) is 48.2 Å². The normalized spacial score (nSPS) is 21.9. The summed E-state index contributed by atoms with van der Waals surface area (Å²) in [6.45, 7) is 7.64. The third-order valence-corrected chi connectivity index (χ3v) is 17.8. The van der Waals surface area contributed by atoms with Gasteiger partial charge in [0.25, 0.3) is 0 Å². The molecule has 0 spiro atoms. The third-order valence-electron chi connectivity index (χ3n) is 16.8. The van der Waals surface area contributed by atoms with Crippen LogP contribution in [0.1, 0.15) is 285 Å². The van der Waals surface area contributed by atoms with Gasteiger partial charge in [0.05, 0.1) is 41.4 Å². The van der Waals surface area contributed by atoms with E-state index in [1.54, 1.807) is 7.11 Å². The Hall–Kier alpha value is 2.25. The largest absolute Gasteiger partial charge is 1.00 e. The molecule has 0 saturated carbocycles. The number of methoxy groups -OCH3 is 2. The Morgan fingerprint density at radius 3 is 1.41 bits per heavy atom. The molecule has 2 aliphatic rings. The van der Waals surface area contributed by atoms with Gasteiger partial charge in [0.1, 0.15) is 54.5 Å². The number of ether oxygens (including phenoxy) is 7. The number of phosphoric ester groups is 2. The minimum Gasteiger partial charge on any atom is -0.790 e. The van der Waals surface area contributed by atoms with Crippen LogP contribution in [0.15, 0.2) is 12.2 Å². The van der Waals surface area contributed by atoms with Crippen molar-refractivity contribution in [3.8, 4) is 0 Å². The van der Waals surface area contributed by atoms with Crippen LogP contribution in [0.5, 0.6) is 0 Å². The van der Waals surface area contributed by atoms with Crippen molar-refractivity contribution in [2.75, 3.05) is 40.6 Å². The molecule has 0 aliphatic carbocycles. The first-order chi connectivity index (χ1) is 42.9. The topological polar surface area (TPSA) is 305 Å². The second-order valence-electron chi connectivity index (χ2n) is 24.7. The first kappa shape index (κ1) is 99.4. The van der Waals surface area contributed by atoms with Crippen LogP contribution in [0.2, 0.25) is 0 Å². The number of rotatable bonds is 59. The predicted octanol–water partition coefficient (Wildman–Crippen LogP) is -0.901. The van der Waals surface area contributed by atoms with Gasteiger partial charge in [-0.15, -0.1) is 0 Å². The Labute approximate surface area is 650 Å². The summed E-state index contributed by atoms with van der Waals surface area (Å²) in [5, 5.41) is 17.7. The molecule has 2 amide bonds. The molecule has 0 radical (unpaired) electrons. The summed E-state index contributed by atoms with van der Waals surface area (Å²) in [6, 6.07) is -3.00. The number of carbonyl (C=O) groups is 3. The Balaban J connectivity index is -0.0000202. The van der Waals surface area contributed by atoms with E-state index in [0.717, 1.165) is 161 Å². The second kappa shape index (κ2) is 63.9. The number of aliphatic hydroxyl groups excluding tert-OH is 1. The van der Waals surface area contributed by atoms with Crippen molar-refractivity contribution >= 4 is 33.2 Å². The third kappa shape index (κ3) is 50.3. The Bertz CT molecular complexity index is 1920. The molecule has 0 aromatic heterocycles. The summed E-state index contributed by atoms with van der Waals surface area (Å²) in [6.07, 6.45) is 28.0. The van der Waals surface area contributed by atoms with Gasteiger partial charge in [-0.2, -0.15) is 0 Å². The van der Waals surface area contributed by atoms with Crippen LogP contribution in [0.25, 0.3) is 0 Å². The molecule has 3 N–H and O–H groups in total. The molecule has 0 unspecified atom stereocenters. The zero-order valence-electron chi connectivity index (χ0n) is 59.8. The number of amides is 2. The zero-order valence-corrected chi connectivity index (χ0v) is 69.6. The molecule has 0 bridgehead atoms. The fourth-order valence-electron chi connectivity index (χ4n) is 11.7. The standard InChI is InChI=1S/C66H126N2O19P2.4Na/c1-7-11-15-19-22-25-26-27-28-29-30-32-34-38-42-46-57(70)67-60-64(82-49-47-54(80-6)45-41-36-18-14-10-4)62(86-88(73,74)75)56(51-79-5)85-65(60)83-52-55-61(72)63(81-48-43-39-35-24-21-17-13-9-3)59(66(84-55)87-89(76,77)78)68-58(71)50-53(69)44-40-37-33-31-23-20-16-12-8-2;;;;/h25-26,54-56,59-66,72H,7-24,27-52H2,1-6H3,(H,67,70)(H,68,71)(H2,73,74,75)(H2,76,77,78);;;;/q;4*+1/p-4/b26-25-;;;;/t54-,55+,56+,59+,60+,61+,62+,63+,64+,65+,66+;;;;/m0..../s1. The second-order valence-corrected chi connectivity index (χ2v) is 27.0. The van der Waals surface area contributed by atoms with Crippen molar-refractivity contribution in [3.05, 3.63) is 12.2 Å². The summed E-state index contributed by atoms with van der Waals surface area (Å²) >= 11 is 0. The van der Waals surface area contributed by atoms with E-state index in [0.29, 0.717) is 25.7 Å². The van der Waals surface area contributed by atoms with Gasteiger partial charge < -0.3 is 86.6 Å². The molecule has 2 saturated heterocycles. The SMILES string of the molecule is CCCCCC/C=C\CCCCCCCCCC(=O)N[C@H]1[C@H](OC[C@H]2O[C@H](OP(=O)([O-])[O-])[C@H](NC(=O)CC(=O)CCCCCCCCCCC)[C@@H](OCCCCCCCCCC)[C@@H]2O)O[C@H](COC)[C@@H](OP(=O)([O-])[O-])[C@@H]1OCC[C@H](CCCCCCC)OC.[Na+].[Na+].[Na+].[Na+].